The topological polar surface area (TPSA) is 85.2 Å². The van der Waals surface area contributed by atoms with E-state index in [1.807, 2.05) is 13.8 Å². The van der Waals surface area contributed by atoms with Gasteiger partial charge in [0.25, 0.3) is 5.56 Å². The first-order valence-electron chi connectivity index (χ1n) is 9.73. The number of halogens is 2. The summed E-state index contributed by atoms with van der Waals surface area (Å²) in [6.07, 6.45) is 1.48. The molecule has 32 heavy (non-hydrogen) atoms. The molecule has 164 valence electrons. The molecule has 0 unspecified atom stereocenters. The molecule has 4 rings (SSSR count). The second-order valence-electron chi connectivity index (χ2n) is 6.96. The molecule has 0 fully saturated rings. The molecule has 0 aliphatic rings. The second kappa shape index (κ2) is 8.94. The van der Waals surface area contributed by atoms with Crippen LogP contribution in [0.3, 0.4) is 0 Å². The van der Waals surface area contributed by atoms with Crippen molar-refractivity contribution < 1.29 is 13.9 Å². The maximum absolute atomic E-state index is 12.7. The number of nitrogens with one attached hydrogen (secondary N) is 1. The van der Waals surface area contributed by atoms with Crippen molar-refractivity contribution in [3.8, 4) is 11.3 Å². The van der Waals surface area contributed by atoms with Gasteiger partial charge in [-0.1, -0.05) is 29.3 Å². The normalized spacial score (nSPS) is 11.8. The van der Waals surface area contributed by atoms with E-state index in [9.17, 15) is 9.59 Å². The molecule has 9 heteroatoms. The van der Waals surface area contributed by atoms with E-state index < -0.39 is 5.97 Å². The summed E-state index contributed by atoms with van der Waals surface area (Å²) in [5.41, 5.74) is 1.26. The van der Waals surface area contributed by atoms with Crippen LogP contribution in [0.15, 0.2) is 39.5 Å². The van der Waals surface area contributed by atoms with Crippen LogP contribution in [0.5, 0.6) is 0 Å². The molecule has 0 amide bonds. The van der Waals surface area contributed by atoms with Gasteiger partial charge in [-0.05, 0) is 56.7 Å². The summed E-state index contributed by atoms with van der Waals surface area (Å²) in [6, 6.07) is 8.63. The van der Waals surface area contributed by atoms with Gasteiger partial charge in [-0.3, -0.25) is 4.79 Å². The second-order valence-corrected chi connectivity index (χ2v) is 8.95. The first-order chi connectivity index (χ1) is 15.3. The highest BCUT2D eigenvalue weighted by Gasteiger charge is 2.20. The minimum absolute atomic E-state index is 0.0765. The molecule has 0 radical (unpaired) electrons. The first-order valence-corrected chi connectivity index (χ1v) is 11.3. The van der Waals surface area contributed by atoms with Crippen molar-refractivity contribution in [2.75, 3.05) is 6.61 Å². The standard InChI is InChI=1S/C23H18Cl2N2O4S/c1-4-30-23(29)15(20-26-21(28)18-11(2)12(3)32-22(18)27-20)10-13-8-9-17(31-13)14-6-5-7-16(24)19(14)25/h5-10H,4H2,1-3H3,(H,26,27,28). The molecule has 0 bridgehead atoms. The van der Waals surface area contributed by atoms with Crippen LogP contribution in [0.25, 0.3) is 33.2 Å². The summed E-state index contributed by atoms with van der Waals surface area (Å²) >= 11 is 13.8. The molecule has 0 atom stereocenters. The molecule has 4 aromatic rings. The average molecular weight is 489 g/mol. The third-order valence-corrected chi connectivity index (χ3v) is 6.84. The number of nitrogens with zero attached hydrogens (tertiary/aromatic N) is 1. The summed E-state index contributed by atoms with van der Waals surface area (Å²) in [6.45, 7) is 5.67. The number of carbonyl (C=O) groups is 1. The van der Waals surface area contributed by atoms with E-state index in [2.05, 4.69) is 9.97 Å². The number of aromatic nitrogens is 2. The summed E-state index contributed by atoms with van der Waals surface area (Å²) in [5, 5.41) is 1.29. The lowest BCUT2D eigenvalue weighted by molar-refractivity contribution is -0.136. The number of H-pyrrole nitrogens is 1. The number of benzene rings is 1. The summed E-state index contributed by atoms with van der Waals surface area (Å²) in [7, 11) is 0. The molecule has 3 heterocycles. The van der Waals surface area contributed by atoms with Crippen LogP contribution in [0.1, 0.15) is 28.9 Å². The van der Waals surface area contributed by atoms with Crippen LogP contribution < -0.4 is 5.56 Å². The van der Waals surface area contributed by atoms with E-state index in [0.29, 0.717) is 37.3 Å². The lowest BCUT2D eigenvalue weighted by atomic mass is 10.1. The van der Waals surface area contributed by atoms with Gasteiger partial charge in [-0.25, -0.2) is 9.78 Å². The number of ether oxygens (including phenoxy) is 1. The lowest BCUT2D eigenvalue weighted by Crippen LogP contribution is -2.15. The van der Waals surface area contributed by atoms with Crippen LogP contribution in [-0.4, -0.2) is 22.5 Å². The van der Waals surface area contributed by atoms with Crippen molar-refractivity contribution in [2.24, 2.45) is 0 Å². The highest BCUT2D eigenvalue weighted by Crippen LogP contribution is 2.35. The van der Waals surface area contributed by atoms with E-state index in [0.717, 1.165) is 10.4 Å². The molecular weight excluding hydrogens is 471 g/mol. The Morgan fingerprint density at radius 2 is 2.03 bits per heavy atom. The van der Waals surface area contributed by atoms with E-state index >= 15 is 0 Å². The number of carbonyl (C=O) groups excluding carboxylic acids is 1. The van der Waals surface area contributed by atoms with Crippen LogP contribution in [-0.2, 0) is 9.53 Å². The number of thiophene rings is 1. The van der Waals surface area contributed by atoms with Gasteiger partial charge in [-0.15, -0.1) is 11.3 Å². The zero-order chi connectivity index (χ0) is 23.0. The van der Waals surface area contributed by atoms with Gasteiger partial charge in [0.2, 0.25) is 0 Å². The van der Waals surface area contributed by atoms with E-state index in [1.165, 1.54) is 17.4 Å². The third kappa shape index (κ3) is 4.11. The molecule has 6 nitrogen and oxygen atoms in total. The fourth-order valence-corrected chi connectivity index (χ4v) is 4.65. The lowest BCUT2D eigenvalue weighted by Gasteiger charge is -2.06. The fraction of sp³-hybridized carbons (Fsp3) is 0.174. The van der Waals surface area contributed by atoms with Gasteiger partial charge in [0, 0.05) is 10.4 Å². The summed E-state index contributed by atoms with van der Waals surface area (Å²) < 4.78 is 11.1. The van der Waals surface area contributed by atoms with Crippen LogP contribution in [0.4, 0.5) is 0 Å². The smallest absolute Gasteiger partial charge is 0.342 e. The quantitative estimate of drug-likeness (QED) is 0.264. The SMILES string of the molecule is CCOC(=O)C(=Cc1ccc(-c2cccc(Cl)c2Cl)o1)c1nc2sc(C)c(C)c2c(=O)[nH]1. The van der Waals surface area contributed by atoms with Gasteiger partial charge in [0.05, 0.1) is 22.0 Å². The monoisotopic (exact) mass is 488 g/mol. The Kier molecular flexibility index (Phi) is 6.24. The van der Waals surface area contributed by atoms with Crippen molar-refractivity contribution in [3.05, 3.63) is 72.8 Å². The van der Waals surface area contributed by atoms with Crippen molar-refractivity contribution in [1.29, 1.82) is 0 Å². The van der Waals surface area contributed by atoms with Crippen LogP contribution >= 0.6 is 34.5 Å². The third-order valence-electron chi connectivity index (χ3n) is 4.92. The number of aryl methyl sites for hydroxylation is 2. The molecule has 1 N–H and O–H groups in total. The number of hydrogen-bond acceptors (Lipinski definition) is 6. The number of furan rings is 1. The van der Waals surface area contributed by atoms with Gasteiger partial charge in [0.15, 0.2) is 0 Å². The predicted molar refractivity (Wildman–Crippen MR) is 128 cm³/mol. The Morgan fingerprint density at radius 1 is 1.25 bits per heavy atom. The average Bonchev–Trinajstić information content (AvgIpc) is 3.32. The maximum Gasteiger partial charge on any atom is 0.342 e. The van der Waals surface area contributed by atoms with Crippen LogP contribution in [0, 0.1) is 13.8 Å². The zero-order valence-corrected chi connectivity index (χ0v) is 19.7. The van der Waals surface area contributed by atoms with Crippen molar-refractivity contribution in [1.82, 2.24) is 9.97 Å². The van der Waals surface area contributed by atoms with Gasteiger partial charge in [-0.2, -0.15) is 0 Å². The number of fused-ring (bicyclic) bond motifs is 1. The molecule has 0 aliphatic carbocycles. The first kappa shape index (κ1) is 22.3. The van der Waals surface area contributed by atoms with Gasteiger partial charge < -0.3 is 14.1 Å². The highest BCUT2D eigenvalue weighted by molar-refractivity contribution is 7.18. The largest absolute Gasteiger partial charge is 0.462 e. The Morgan fingerprint density at radius 3 is 2.78 bits per heavy atom. The Balaban J connectivity index is 1.82. The Labute approximate surface area is 197 Å². The van der Waals surface area contributed by atoms with E-state index in [4.69, 9.17) is 32.4 Å². The molecule has 1 aromatic carbocycles. The molecule has 0 spiro atoms. The molecule has 0 saturated heterocycles. The summed E-state index contributed by atoms with van der Waals surface area (Å²) in [4.78, 5) is 34.2. The van der Waals surface area contributed by atoms with E-state index in [-0.39, 0.29) is 23.6 Å². The Bertz CT molecular complexity index is 1430. The van der Waals surface area contributed by atoms with Crippen molar-refractivity contribution in [3.63, 3.8) is 0 Å². The number of hydrogen-bond donors (Lipinski definition) is 1. The minimum atomic E-state index is -0.626. The van der Waals surface area contributed by atoms with Crippen molar-refractivity contribution in [2.45, 2.75) is 20.8 Å². The number of rotatable bonds is 5. The number of esters is 1. The predicted octanol–water partition coefficient (Wildman–Crippen LogP) is 6.27. The van der Waals surface area contributed by atoms with E-state index in [1.54, 1.807) is 37.3 Å². The van der Waals surface area contributed by atoms with Gasteiger partial charge >= 0.3 is 5.97 Å². The number of aromatic amines is 1. The van der Waals surface area contributed by atoms with Gasteiger partial charge in [0.1, 0.15) is 27.7 Å². The van der Waals surface area contributed by atoms with Crippen molar-refractivity contribution >= 4 is 62.4 Å². The van der Waals surface area contributed by atoms with Crippen LogP contribution in [0.2, 0.25) is 10.0 Å². The summed E-state index contributed by atoms with van der Waals surface area (Å²) in [5.74, 6) is 0.327. The molecule has 0 aliphatic heterocycles. The maximum atomic E-state index is 12.7. The highest BCUT2D eigenvalue weighted by atomic mass is 35.5. The minimum Gasteiger partial charge on any atom is -0.462 e. The zero-order valence-electron chi connectivity index (χ0n) is 17.4. The molecular formula is C23H18Cl2N2O4S. The fourth-order valence-electron chi connectivity index (χ4n) is 3.23. The molecule has 0 saturated carbocycles. The molecule has 3 aromatic heterocycles. The Hall–Kier alpha value is -2.87.